The van der Waals surface area contributed by atoms with E-state index in [0.717, 1.165) is 16.0 Å². The molecule has 1 heterocycles. The number of hydrazone groups is 1. The largest absolute Gasteiger partial charge is 0.394 e. The van der Waals surface area contributed by atoms with Gasteiger partial charge in [0.05, 0.1) is 31.2 Å². The summed E-state index contributed by atoms with van der Waals surface area (Å²) < 4.78 is 0. The van der Waals surface area contributed by atoms with Gasteiger partial charge in [0, 0.05) is 21.9 Å². The third kappa shape index (κ3) is 3.34. The van der Waals surface area contributed by atoms with E-state index in [1.54, 1.807) is 30.5 Å². The molecule has 7 nitrogen and oxygen atoms in total. The van der Waals surface area contributed by atoms with E-state index in [9.17, 15) is 19.8 Å². The predicted octanol–water partition coefficient (Wildman–Crippen LogP) is 2.54. The number of amides is 2. The first-order chi connectivity index (χ1) is 14.5. The summed E-state index contributed by atoms with van der Waals surface area (Å²) in [4.78, 5) is 26.8. The number of nitrogens with one attached hydrogen (secondary N) is 1. The average molecular weight is 403 g/mol. The van der Waals surface area contributed by atoms with Crippen molar-refractivity contribution in [2.24, 2.45) is 5.10 Å². The number of rotatable bonds is 6. The van der Waals surface area contributed by atoms with Gasteiger partial charge in [-0.25, -0.2) is 0 Å². The summed E-state index contributed by atoms with van der Waals surface area (Å²) in [5, 5.41) is 24.5. The molecule has 4 rings (SSSR count). The van der Waals surface area contributed by atoms with E-state index in [2.05, 4.69) is 10.5 Å². The first kappa shape index (κ1) is 19.8. The summed E-state index contributed by atoms with van der Waals surface area (Å²) in [7, 11) is 0. The molecule has 1 aliphatic rings. The lowest BCUT2D eigenvalue weighted by atomic mass is 9.92. The third-order valence-electron chi connectivity index (χ3n) is 5.20. The highest BCUT2D eigenvalue weighted by molar-refractivity contribution is 6.26. The average Bonchev–Trinajstić information content (AvgIpc) is 2.76. The van der Waals surface area contributed by atoms with Crippen LogP contribution in [0.25, 0.3) is 10.8 Å². The molecule has 0 atom stereocenters. The first-order valence-corrected chi connectivity index (χ1v) is 9.56. The van der Waals surface area contributed by atoms with Crippen molar-refractivity contribution < 1.29 is 19.8 Å². The minimum Gasteiger partial charge on any atom is -0.394 e. The Hall–Kier alpha value is -3.55. The molecule has 3 aromatic carbocycles. The fourth-order valence-corrected chi connectivity index (χ4v) is 3.59. The second kappa shape index (κ2) is 8.06. The Balaban J connectivity index is 1.72. The number of hydrogen-bond donors (Lipinski definition) is 3. The van der Waals surface area contributed by atoms with E-state index in [-0.39, 0.29) is 0 Å². The van der Waals surface area contributed by atoms with Crippen LogP contribution in [0.15, 0.2) is 59.7 Å². The highest BCUT2D eigenvalue weighted by atomic mass is 16.3. The molecule has 3 aromatic rings. The highest BCUT2D eigenvalue weighted by Gasteiger charge is 2.37. The third-order valence-corrected chi connectivity index (χ3v) is 5.20. The Bertz CT molecular complexity index is 1130. The fourth-order valence-electron chi connectivity index (χ4n) is 3.59. The van der Waals surface area contributed by atoms with Gasteiger partial charge in [0.25, 0.3) is 11.8 Å². The summed E-state index contributed by atoms with van der Waals surface area (Å²) in [6.07, 6.45) is 1.69. The van der Waals surface area contributed by atoms with Crippen molar-refractivity contribution in [3.63, 3.8) is 0 Å². The van der Waals surface area contributed by atoms with Gasteiger partial charge < -0.3 is 10.2 Å². The number of hydrogen-bond acceptors (Lipinski definition) is 6. The van der Waals surface area contributed by atoms with Crippen LogP contribution in [0.4, 0.5) is 5.69 Å². The molecular formula is C23H21N3O4. The van der Waals surface area contributed by atoms with E-state index in [0.29, 0.717) is 27.6 Å². The number of anilines is 1. The van der Waals surface area contributed by atoms with Crippen LogP contribution in [0.5, 0.6) is 0 Å². The minimum absolute atomic E-state index is 0.347. The van der Waals surface area contributed by atoms with Gasteiger partial charge in [-0.3, -0.25) is 19.9 Å². The van der Waals surface area contributed by atoms with Gasteiger partial charge in [-0.1, -0.05) is 42.0 Å². The number of benzene rings is 3. The van der Waals surface area contributed by atoms with E-state index in [1.807, 2.05) is 37.3 Å². The molecule has 3 N–H and O–H groups in total. The summed E-state index contributed by atoms with van der Waals surface area (Å²) in [5.74, 6) is -1.07. The summed E-state index contributed by atoms with van der Waals surface area (Å²) in [6, 6.07) is 15.5. The predicted molar refractivity (Wildman–Crippen MR) is 115 cm³/mol. The van der Waals surface area contributed by atoms with E-state index >= 15 is 0 Å². The van der Waals surface area contributed by atoms with E-state index < -0.39 is 31.1 Å². The molecule has 0 spiro atoms. The molecule has 2 amide bonds. The lowest BCUT2D eigenvalue weighted by molar-refractivity contribution is 0.0375. The zero-order valence-electron chi connectivity index (χ0n) is 16.4. The van der Waals surface area contributed by atoms with Gasteiger partial charge >= 0.3 is 0 Å². The maximum atomic E-state index is 12.9. The molecule has 0 fully saturated rings. The van der Waals surface area contributed by atoms with E-state index in [1.165, 1.54) is 0 Å². The first-order valence-electron chi connectivity index (χ1n) is 9.56. The number of aliphatic hydroxyl groups excluding tert-OH is 2. The Labute approximate surface area is 173 Å². The van der Waals surface area contributed by atoms with Crippen molar-refractivity contribution in [3.8, 4) is 0 Å². The van der Waals surface area contributed by atoms with Crippen LogP contribution in [0.1, 0.15) is 31.8 Å². The topological polar surface area (TPSA) is 102 Å². The molecular weight excluding hydrogens is 382 g/mol. The maximum Gasteiger partial charge on any atom is 0.261 e. The fraction of sp³-hybridized carbons (Fsp3) is 0.174. The molecule has 0 bridgehead atoms. The molecule has 0 saturated heterocycles. The minimum atomic E-state index is -0.981. The second-order valence-electron chi connectivity index (χ2n) is 7.17. The molecule has 152 valence electrons. The lowest BCUT2D eigenvalue weighted by Gasteiger charge is -2.32. The van der Waals surface area contributed by atoms with Crippen LogP contribution in [-0.2, 0) is 0 Å². The number of imide groups is 1. The van der Waals surface area contributed by atoms with Gasteiger partial charge in [-0.2, -0.15) is 5.10 Å². The molecule has 0 aliphatic carbocycles. The number of carbonyl (C=O) groups is 2. The van der Waals surface area contributed by atoms with Crippen LogP contribution in [0.2, 0.25) is 0 Å². The van der Waals surface area contributed by atoms with Gasteiger partial charge in [0.1, 0.15) is 0 Å². The Kier molecular flexibility index (Phi) is 5.31. The Morgan fingerprint density at radius 3 is 2.30 bits per heavy atom. The summed E-state index contributed by atoms with van der Waals surface area (Å²) in [5.41, 5.74) is 6.45. The van der Waals surface area contributed by atoms with Crippen LogP contribution in [0, 0.1) is 6.92 Å². The van der Waals surface area contributed by atoms with Crippen molar-refractivity contribution >= 4 is 34.5 Å². The Morgan fingerprint density at radius 2 is 1.63 bits per heavy atom. The zero-order valence-corrected chi connectivity index (χ0v) is 16.4. The lowest BCUT2D eigenvalue weighted by Crippen LogP contribution is -2.50. The van der Waals surface area contributed by atoms with E-state index in [4.69, 9.17) is 0 Å². The summed E-state index contributed by atoms with van der Waals surface area (Å²) >= 11 is 0. The normalized spacial score (nSPS) is 13.7. The van der Waals surface area contributed by atoms with Crippen LogP contribution in [0.3, 0.4) is 0 Å². The number of aliphatic hydroxyl groups is 2. The van der Waals surface area contributed by atoms with Gasteiger partial charge in [-0.15, -0.1) is 0 Å². The van der Waals surface area contributed by atoms with Crippen molar-refractivity contribution in [1.29, 1.82) is 0 Å². The van der Waals surface area contributed by atoms with Crippen LogP contribution < -0.4 is 5.43 Å². The van der Waals surface area contributed by atoms with Gasteiger partial charge in [0.15, 0.2) is 0 Å². The van der Waals surface area contributed by atoms with Crippen LogP contribution >= 0.6 is 0 Å². The molecule has 0 unspecified atom stereocenters. The molecule has 1 aliphatic heterocycles. The number of aryl methyl sites for hydroxylation is 1. The van der Waals surface area contributed by atoms with Gasteiger partial charge in [-0.05, 0) is 30.7 Å². The van der Waals surface area contributed by atoms with Crippen LogP contribution in [-0.4, -0.2) is 52.4 Å². The standard InChI is InChI=1S/C23H21N3O4/c1-14-5-7-15(8-6-14)11-24-25-20-10-9-19-21-17(20)3-2-4-18(21)22(29)26(23(19)30)16(12-27)13-28/h2-11,16,25,27-28H,12-13H2,1H3/b24-11+. The van der Waals surface area contributed by atoms with Crippen molar-refractivity contribution in [3.05, 3.63) is 76.9 Å². The van der Waals surface area contributed by atoms with Crippen molar-refractivity contribution in [2.75, 3.05) is 18.6 Å². The smallest absolute Gasteiger partial charge is 0.261 e. The highest BCUT2D eigenvalue weighted by Crippen LogP contribution is 2.35. The quantitative estimate of drug-likeness (QED) is 0.334. The zero-order chi connectivity index (χ0) is 21.3. The maximum absolute atomic E-state index is 12.9. The van der Waals surface area contributed by atoms with Crippen molar-refractivity contribution in [2.45, 2.75) is 13.0 Å². The molecule has 0 radical (unpaired) electrons. The number of carbonyl (C=O) groups excluding carboxylic acids is 2. The molecule has 7 heteroatoms. The summed E-state index contributed by atoms with van der Waals surface area (Å²) in [6.45, 7) is 1.00. The SMILES string of the molecule is Cc1ccc(/C=N/Nc2ccc3c4c(cccc24)C(=O)N(C(CO)CO)C3=O)cc1. The number of nitrogens with zero attached hydrogens (tertiary/aromatic N) is 2. The Morgan fingerprint density at radius 1 is 0.967 bits per heavy atom. The molecule has 0 saturated carbocycles. The molecule has 30 heavy (non-hydrogen) atoms. The second-order valence-corrected chi connectivity index (χ2v) is 7.17. The molecule has 0 aromatic heterocycles. The van der Waals surface area contributed by atoms with Gasteiger partial charge in [0.2, 0.25) is 0 Å². The monoisotopic (exact) mass is 403 g/mol. The van der Waals surface area contributed by atoms with Crippen molar-refractivity contribution in [1.82, 2.24) is 4.90 Å².